The van der Waals surface area contributed by atoms with E-state index in [1.807, 2.05) is 0 Å². The average Bonchev–Trinajstić information content (AvgIpc) is 3.09. The number of hydrogen-bond donors (Lipinski definition) is 6. The lowest BCUT2D eigenvalue weighted by atomic mass is 9.91. The second-order valence-corrected chi connectivity index (χ2v) is 8.34. The summed E-state index contributed by atoms with van der Waals surface area (Å²) in [5, 5.41) is 23.8. The van der Waals surface area contributed by atoms with E-state index in [1.165, 1.54) is 19.1 Å². The summed E-state index contributed by atoms with van der Waals surface area (Å²) in [6, 6.07) is 12.6. The molecule has 7 N–H and O–H groups in total. The van der Waals surface area contributed by atoms with Crippen LogP contribution in [0.15, 0.2) is 54.6 Å². The minimum atomic E-state index is -1.51. The number of hydrogen-bond acceptors (Lipinski definition) is 7. The number of nitrogens with two attached hydrogens (primary N) is 1. The number of amides is 5. The Kier molecular flexibility index (Phi) is 9.76. The summed E-state index contributed by atoms with van der Waals surface area (Å²) in [4.78, 5) is 62.1. The Morgan fingerprint density at radius 2 is 1.76 bits per heavy atom. The van der Waals surface area contributed by atoms with Crippen LogP contribution in [0.4, 0.5) is 9.59 Å². The number of rotatable bonds is 10. The highest BCUT2D eigenvalue weighted by Gasteiger charge is 2.49. The third kappa shape index (κ3) is 6.97. The number of alkyl carbamates (subject to hydrolysis) is 1. The second kappa shape index (κ2) is 12.5. The first-order valence-electron chi connectivity index (χ1n) is 11.1. The summed E-state index contributed by atoms with van der Waals surface area (Å²) in [7, 11) is 0. The molecule has 1 aliphatic rings. The first kappa shape index (κ1) is 29.6. The highest BCUT2D eigenvalue weighted by atomic mass is 35.5. The van der Waals surface area contributed by atoms with E-state index < -0.39 is 54.6 Å². The number of ether oxygens (including phenoxy) is 1. The zero-order valence-corrected chi connectivity index (χ0v) is 21.0. The van der Waals surface area contributed by atoms with E-state index in [0.29, 0.717) is 21.6 Å². The van der Waals surface area contributed by atoms with Gasteiger partial charge in [-0.3, -0.25) is 19.9 Å². The largest absolute Gasteiger partial charge is 0.480 e. The fourth-order valence-electron chi connectivity index (χ4n) is 3.54. The van der Waals surface area contributed by atoms with E-state index in [4.69, 9.17) is 15.9 Å². The molecule has 2 aromatic rings. The summed E-state index contributed by atoms with van der Waals surface area (Å²) >= 11 is 0. The molecule has 2 atom stereocenters. The number of amidine groups is 1. The van der Waals surface area contributed by atoms with Crippen LogP contribution < -0.4 is 21.7 Å². The van der Waals surface area contributed by atoms with Crippen molar-refractivity contribution in [2.75, 3.05) is 13.1 Å². The summed E-state index contributed by atoms with van der Waals surface area (Å²) in [6.07, 6.45) is -0.994. The standard InChI is InChI=1S/C24H26N6O7.ClH/c1-24(16-9-7-15(8-10-16)19(25)26)21(34)30(22(35)29-24)12-18(31)27-11-17(20(32)33)28-23(36)37-13-14-5-3-2-4-6-14;/h2-10,17H,11-13H2,1H3,(H3,25,26)(H,27,31)(H,28,36)(H,29,35)(H,32,33);1H. The van der Waals surface area contributed by atoms with Crippen molar-refractivity contribution in [1.82, 2.24) is 20.9 Å². The van der Waals surface area contributed by atoms with Gasteiger partial charge in [-0.2, -0.15) is 0 Å². The number of benzene rings is 2. The van der Waals surface area contributed by atoms with Gasteiger partial charge in [0.05, 0.1) is 0 Å². The van der Waals surface area contributed by atoms with E-state index in [0.717, 1.165) is 0 Å². The van der Waals surface area contributed by atoms with Crippen LogP contribution in [-0.4, -0.2) is 64.9 Å². The molecule has 2 aromatic carbocycles. The van der Waals surface area contributed by atoms with Crippen molar-refractivity contribution in [2.45, 2.75) is 25.1 Å². The van der Waals surface area contributed by atoms with Gasteiger partial charge in [-0.05, 0) is 18.1 Å². The van der Waals surface area contributed by atoms with Crippen molar-refractivity contribution in [2.24, 2.45) is 5.73 Å². The van der Waals surface area contributed by atoms with Gasteiger partial charge in [0, 0.05) is 12.1 Å². The number of carboxylic acids is 1. The van der Waals surface area contributed by atoms with Crippen LogP contribution in [-0.2, 0) is 31.3 Å². The highest BCUT2D eigenvalue weighted by Crippen LogP contribution is 2.28. The van der Waals surface area contributed by atoms with E-state index in [-0.39, 0.29) is 24.8 Å². The Balaban J connectivity index is 0.00000507. The average molecular weight is 547 g/mol. The molecule has 0 bridgehead atoms. The van der Waals surface area contributed by atoms with Gasteiger partial charge in [-0.15, -0.1) is 12.4 Å². The van der Waals surface area contributed by atoms with Gasteiger partial charge in [0.25, 0.3) is 5.91 Å². The van der Waals surface area contributed by atoms with E-state index in [2.05, 4.69) is 16.0 Å². The molecule has 2 unspecified atom stereocenters. The molecule has 38 heavy (non-hydrogen) atoms. The number of urea groups is 1. The third-order valence-corrected chi connectivity index (χ3v) is 5.66. The van der Waals surface area contributed by atoms with Crippen LogP contribution in [0.1, 0.15) is 23.6 Å². The quantitative estimate of drug-likeness (QED) is 0.141. The zero-order chi connectivity index (χ0) is 27.2. The first-order chi connectivity index (χ1) is 17.5. The fraction of sp³-hybridized carbons (Fsp3) is 0.250. The molecule has 0 spiro atoms. The maximum absolute atomic E-state index is 13.0. The molecule has 0 aliphatic carbocycles. The molecule has 0 aromatic heterocycles. The van der Waals surface area contributed by atoms with Crippen molar-refractivity contribution in [3.05, 3.63) is 71.3 Å². The molecule has 5 amide bonds. The van der Waals surface area contributed by atoms with Gasteiger partial charge in [-0.1, -0.05) is 54.6 Å². The number of carbonyl (C=O) groups excluding carboxylic acids is 4. The monoisotopic (exact) mass is 546 g/mol. The van der Waals surface area contributed by atoms with Crippen LogP contribution >= 0.6 is 12.4 Å². The Bertz CT molecular complexity index is 1220. The lowest BCUT2D eigenvalue weighted by molar-refractivity contribution is -0.139. The highest BCUT2D eigenvalue weighted by molar-refractivity contribution is 6.09. The first-order valence-corrected chi connectivity index (χ1v) is 11.1. The topological polar surface area (TPSA) is 204 Å². The van der Waals surface area contributed by atoms with Crippen LogP contribution in [0.5, 0.6) is 0 Å². The summed E-state index contributed by atoms with van der Waals surface area (Å²) < 4.78 is 4.99. The molecule has 1 aliphatic heterocycles. The molecule has 14 heteroatoms. The number of nitrogen functional groups attached to an aromatic ring is 1. The maximum atomic E-state index is 13.0. The Labute approximate surface area is 223 Å². The number of aliphatic carboxylic acids is 1. The van der Waals surface area contributed by atoms with Crippen molar-refractivity contribution in [3.63, 3.8) is 0 Å². The molecule has 0 radical (unpaired) electrons. The Morgan fingerprint density at radius 3 is 2.34 bits per heavy atom. The van der Waals surface area contributed by atoms with Crippen LogP contribution in [0, 0.1) is 5.41 Å². The van der Waals surface area contributed by atoms with Crippen LogP contribution in [0.25, 0.3) is 0 Å². The molecular formula is C24H27ClN6O7. The number of nitrogens with one attached hydrogen (secondary N) is 4. The molecule has 13 nitrogen and oxygen atoms in total. The Hall–Kier alpha value is -4.65. The zero-order valence-electron chi connectivity index (χ0n) is 20.2. The normalized spacial score (nSPS) is 17.0. The lowest BCUT2D eigenvalue weighted by Crippen LogP contribution is -2.50. The van der Waals surface area contributed by atoms with Crippen molar-refractivity contribution in [3.8, 4) is 0 Å². The van der Waals surface area contributed by atoms with Gasteiger partial charge < -0.3 is 31.5 Å². The summed E-state index contributed by atoms with van der Waals surface area (Å²) in [6.45, 7) is 0.214. The molecule has 0 saturated carbocycles. The molecule has 3 rings (SSSR count). The van der Waals surface area contributed by atoms with Crippen LogP contribution in [0.3, 0.4) is 0 Å². The van der Waals surface area contributed by atoms with Gasteiger partial charge in [0.1, 0.15) is 30.6 Å². The smallest absolute Gasteiger partial charge is 0.408 e. The lowest BCUT2D eigenvalue weighted by Gasteiger charge is -2.22. The fourth-order valence-corrected chi connectivity index (χ4v) is 3.54. The van der Waals surface area contributed by atoms with Gasteiger partial charge in [0.15, 0.2) is 0 Å². The van der Waals surface area contributed by atoms with Crippen molar-refractivity contribution < 1.29 is 33.8 Å². The summed E-state index contributed by atoms with van der Waals surface area (Å²) in [5.41, 5.74) is 5.54. The number of nitrogens with zero attached hydrogens (tertiary/aromatic N) is 1. The SMILES string of the molecule is CC1(c2ccc(C(=N)N)cc2)NC(=O)N(CC(=O)NCC(NC(=O)OCc2ccccc2)C(=O)O)C1=O.Cl. The number of imide groups is 1. The predicted octanol–water partition coefficient (Wildman–Crippen LogP) is 0.655. The summed E-state index contributed by atoms with van der Waals surface area (Å²) in [5.74, 6) is -3.09. The van der Waals surface area contributed by atoms with Crippen molar-refractivity contribution >= 4 is 48.2 Å². The van der Waals surface area contributed by atoms with Crippen molar-refractivity contribution in [1.29, 1.82) is 5.41 Å². The van der Waals surface area contributed by atoms with Gasteiger partial charge >= 0.3 is 18.1 Å². The minimum Gasteiger partial charge on any atom is -0.480 e. The number of carboxylic acid groups (broad SMARTS) is 1. The van der Waals surface area contributed by atoms with Gasteiger partial charge in [0.2, 0.25) is 5.91 Å². The molecule has 1 saturated heterocycles. The molecule has 1 fully saturated rings. The van der Waals surface area contributed by atoms with Crippen LogP contribution in [0.2, 0.25) is 0 Å². The molecular weight excluding hydrogens is 520 g/mol. The van der Waals surface area contributed by atoms with E-state index in [1.54, 1.807) is 42.5 Å². The predicted molar refractivity (Wildman–Crippen MR) is 136 cm³/mol. The molecule has 202 valence electrons. The third-order valence-electron chi connectivity index (χ3n) is 5.66. The number of carbonyl (C=O) groups is 5. The van der Waals surface area contributed by atoms with E-state index in [9.17, 15) is 29.1 Å². The minimum absolute atomic E-state index is 0. The Morgan fingerprint density at radius 1 is 1.13 bits per heavy atom. The maximum Gasteiger partial charge on any atom is 0.408 e. The molecule has 1 heterocycles. The number of halogens is 1. The van der Waals surface area contributed by atoms with E-state index >= 15 is 0 Å². The second-order valence-electron chi connectivity index (χ2n) is 8.34. The van der Waals surface area contributed by atoms with Gasteiger partial charge in [-0.25, -0.2) is 14.4 Å².